The van der Waals surface area contributed by atoms with E-state index >= 15 is 0 Å². The van der Waals surface area contributed by atoms with Gasteiger partial charge in [-0.15, -0.1) is 0 Å². The van der Waals surface area contributed by atoms with E-state index in [0.29, 0.717) is 5.92 Å². The number of anilines is 1. The molecule has 2 atom stereocenters. The lowest BCUT2D eigenvalue weighted by Gasteiger charge is -2.33. The average Bonchev–Trinajstić information content (AvgIpc) is 3.50. The summed E-state index contributed by atoms with van der Waals surface area (Å²) in [7, 11) is 0. The number of nitrogens with one attached hydrogen (secondary N) is 1. The molecule has 1 aliphatic carbocycles. The van der Waals surface area contributed by atoms with Crippen LogP contribution in [0.4, 0.5) is 5.82 Å². The van der Waals surface area contributed by atoms with E-state index in [1.165, 1.54) is 5.56 Å². The molecule has 1 amide bonds. The van der Waals surface area contributed by atoms with Crippen LogP contribution in [0, 0.1) is 5.92 Å². The van der Waals surface area contributed by atoms with Crippen molar-refractivity contribution in [1.82, 2.24) is 15.3 Å². The van der Waals surface area contributed by atoms with Gasteiger partial charge in [0.05, 0.1) is 0 Å². The Bertz CT molecular complexity index is 802. The molecule has 2 aliphatic rings. The maximum absolute atomic E-state index is 12.6. The molecule has 1 aromatic carbocycles. The predicted octanol–water partition coefficient (Wildman–Crippen LogP) is 3.58. The van der Waals surface area contributed by atoms with Crippen LogP contribution in [0.2, 0.25) is 5.02 Å². The smallest absolute Gasteiger partial charge is 0.223 e. The first kappa shape index (κ1) is 18.2. The molecule has 0 radical (unpaired) electrons. The van der Waals surface area contributed by atoms with Crippen LogP contribution in [-0.4, -0.2) is 35.0 Å². The topological polar surface area (TPSA) is 58.1 Å². The molecule has 4 rings (SSSR count). The van der Waals surface area contributed by atoms with Gasteiger partial charge in [0.25, 0.3) is 0 Å². The Hall–Kier alpha value is -2.14. The Morgan fingerprint density at radius 2 is 1.96 bits per heavy atom. The van der Waals surface area contributed by atoms with Crippen molar-refractivity contribution in [2.24, 2.45) is 5.92 Å². The van der Waals surface area contributed by atoms with Crippen molar-refractivity contribution in [2.75, 3.05) is 18.0 Å². The van der Waals surface area contributed by atoms with Gasteiger partial charge in [-0.2, -0.15) is 0 Å². The maximum Gasteiger partial charge on any atom is 0.223 e. The van der Waals surface area contributed by atoms with Crippen molar-refractivity contribution in [3.8, 4) is 0 Å². The highest BCUT2D eigenvalue weighted by molar-refractivity contribution is 6.30. The van der Waals surface area contributed by atoms with Crippen LogP contribution in [0.5, 0.6) is 0 Å². The van der Waals surface area contributed by atoms with E-state index in [2.05, 4.69) is 33.2 Å². The predicted molar refractivity (Wildman–Crippen MR) is 107 cm³/mol. The number of rotatable bonds is 5. The summed E-state index contributed by atoms with van der Waals surface area (Å²) >= 11 is 5.95. The van der Waals surface area contributed by atoms with Crippen molar-refractivity contribution < 1.29 is 4.79 Å². The SMILES string of the molecule is CCc1cc(N2CCC(NC(=O)[C@@H]3C[C@H]3c3ccc(Cl)cc3)CC2)ncn1. The quantitative estimate of drug-likeness (QED) is 0.855. The molecule has 2 heterocycles. The number of aromatic nitrogens is 2. The zero-order valence-corrected chi connectivity index (χ0v) is 16.3. The third-order valence-electron chi connectivity index (χ3n) is 5.66. The Morgan fingerprint density at radius 1 is 1.22 bits per heavy atom. The first-order valence-corrected chi connectivity index (χ1v) is 10.1. The van der Waals surface area contributed by atoms with Gasteiger partial charge < -0.3 is 10.2 Å². The first-order valence-electron chi connectivity index (χ1n) is 9.75. The monoisotopic (exact) mass is 384 g/mol. The maximum atomic E-state index is 12.6. The summed E-state index contributed by atoms with van der Waals surface area (Å²) in [5, 5.41) is 4.00. The van der Waals surface area contributed by atoms with Gasteiger partial charge in [0.1, 0.15) is 12.1 Å². The number of hydrogen-bond donors (Lipinski definition) is 1. The molecule has 6 heteroatoms. The molecule has 5 nitrogen and oxygen atoms in total. The minimum atomic E-state index is 0.109. The largest absolute Gasteiger partial charge is 0.356 e. The average molecular weight is 385 g/mol. The van der Waals surface area contributed by atoms with E-state index in [0.717, 1.165) is 55.3 Å². The van der Waals surface area contributed by atoms with Crippen LogP contribution in [0.25, 0.3) is 0 Å². The number of benzene rings is 1. The van der Waals surface area contributed by atoms with Crippen LogP contribution >= 0.6 is 11.6 Å². The second-order valence-electron chi connectivity index (χ2n) is 7.49. The van der Waals surface area contributed by atoms with Gasteiger partial charge in [0.15, 0.2) is 0 Å². The van der Waals surface area contributed by atoms with Crippen LogP contribution in [-0.2, 0) is 11.2 Å². The van der Waals surface area contributed by atoms with Crippen LogP contribution in [0.1, 0.15) is 43.4 Å². The Balaban J connectivity index is 1.27. The Morgan fingerprint density at radius 3 is 2.67 bits per heavy atom. The van der Waals surface area contributed by atoms with E-state index in [-0.39, 0.29) is 17.9 Å². The summed E-state index contributed by atoms with van der Waals surface area (Å²) in [6.45, 7) is 3.93. The molecule has 1 N–H and O–H groups in total. The fourth-order valence-electron chi connectivity index (χ4n) is 3.88. The number of carbonyl (C=O) groups is 1. The van der Waals surface area contributed by atoms with Crippen LogP contribution in [0.15, 0.2) is 36.7 Å². The molecule has 1 saturated carbocycles. The Kier molecular flexibility index (Phi) is 5.30. The molecule has 142 valence electrons. The summed E-state index contributed by atoms with van der Waals surface area (Å²) < 4.78 is 0. The van der Waals surface area contributed by atoms with Gasteiger partial charge in [0, 0.05) is 41.8 Å². The summed E-state index contributed by atoms with van der Waals surface area (Å²) in [5.74, 6) is 1.65. The van der Waals surface area contributed by atoms with Crippen molar-refractivity contribution in [3.05, 3.63) is 52.9 Å². The highest BCUT2D eigenvalue weighted by Crippen LogP contribution is 2.47. The molecule has 0 bridgehead atoms. The van der Waals surface area contributed by atoms with Gasteiger partial charge in [-0.3, -0.25) is 4.79 Å². The number of nitrogens with zero attached hydrogens (tertiary/aromatic N) is 3. The van der Waals surface area contributed by atoms with Crippen LogP contribution < -0.4 is 10.2 Å². The zero-order chi connectivity index (χ0) is 18.8. The molecule has 2 aromatic rings. The number of amides is 1. The fraction of sp³-hybridized carbons (Fsp3) is 0.476. The van der Waals surface area contributed by atoms with E-state index in [9.17, 15) is 4.79 Å². The second kappa shape index (κ2) is 7.85. The Labute approximate surface area is 165 Å². The first-order chi connectivity index (χ1) is 13.1. The van der Waals surface area contributed by atoms with E-state index < -0.39 is 0 Å². The molecular weight excluding hydrogens is 360 g/mol. The minimum Gasteiger partial charge on any atom is -0.356 e. The van der Waals surface area contributed by atoms with Crippen molar-refractivity contribution in [2.45, 2.75) is 44.6 Å². The third kappa shape index (κ3) is 4.24. The normalized spacial score (nSPS) is 22.5. The van der Waals surface area contributed by atoms with Gasteiger partial charge in [-0.05, 0) is 49.3 Å². The standard InChI is InChI=1S/C21H25ClN4O/c1-2-16-11-20(24-13-23-16)26-9-7-17(8-10-26)25-21(27)19-12-18(19)14-3-5-15(22)6-4-14/h3-6,11,13,17-19H,2,7-10,12H2,1H3,(H,25,27)/t18-,19+/m0/s1. The molecule has 1 saturated heterocycles. The summed E-state index contributed by atoms with van der Waals surface area (Å²) in [4.78, 5) is 23.5. The summed E-state index contributed by atoms with van der Waals surface area (Å²) in [6.07, 6.45) is 5.41. The van der Waals surface area contributed by atoms with Crippen molar-refractivity contribution in [3.63, 3.8) is 0 Å². The highest BCUT2D eigenvalue weighted by atomic mass is 35.5. The van der Waals surface area contributed by atoms with Gasteiger partial charge >= 0.3 is 0 Å². The number of piperidine rings is 1. The number of aryl methyl sites for hydroxylation is 1. The second-order valence-corrected chi connectivity index (χ2v) is 7.93. The third-order valence-corrected chi connectivity index (χ3v) is 5.91. The van der Waals surface area contributed by atoms with Crippen molar-refractivity contribution >= 4 is 23.3 Å². The van der Waals surface area contributed by atoms with Gasteiger partial charge in [-0.1, -0.05) is 30.7 Å². The number of hydrogen-bond acceptors (Lipinski definition) is 4. The van der Waals surface area contributed by atoms with Crippen LogP contribution in [0.3, 0.4) is 0 Å². The highest BCUT2D eigenvalue weighted by Gasteiger charge is 2.44. The molecule has 1 aliphatic heterocycles. The van der Waals surface area contributed by atoms with E-state index in [1.54, 1.807) is 6.33 Å². The molecule has 0 spiro atoms. The lowest BCUT2D eigenvalue weighted by Crippen LogP contribution is -2.45. The molecule has 2 fully saturated rings. The summed E-state index contributed by atoms with van der Waals surface area (Å²) in [5.41, 5.74) is 2.28. The van der Waals surface area contributed by atoms with E-state index in [4.69, 9.17) is 11.6 Å². The molecular formula is C21H25ClN4O. The number of carbonyl (C=O) groups excluding carboxylic acids is 1. The lowest BCUT2D eigenvalue weighted by molar-refractivity contribution is -0.123. The minimum absolute atomic E-state index is 0.109. The molecule has 1 aromatic heterocycles. The van der Waals surface area contributed by atoms with Gasteiger partial charge in [0.2, 0.25) is 5.91 Å². The summed E-state index contributed by atoms with van der Waals surface area (Å²) in [6, 6.07) is 10.2. The zero-order valence-electron chi connectivity index (χ0n) is 15.6. The van der Waals surface area contributed by atoms with Gasteiger partial charge in [-0.25, -0.2) is 9.97 Å². The van der Waals surface area contributed by atoms with Crippen molar-refractivity contribution in [1.29, 1.82) is 0 Å². The molecule has 0 unspecified atom stereocenters. The van der Waals surface area contributed by atoms with E-state index in [1.807, 2.05) is 24.3 Å². The lowest BCUT2D eigenvalue weighted by atomic mass is 10.0. The molecule has 27 heavy (non-hydrogen) atoms. The number of halogens is 1. The fourth-order valence-corrected chi connectivity index (χ4v) is 4.00.